The van der Waals surface area contributed by atoms with Crippen molar-refractivity contribution in [1.82, 2.24) is 4.72 Å². The first-order valence-corrected chi connectivity index (χ1v) is 8.15. The summed E-state index contributed by atoms with van der Waals surface area (Å²) in [5.41, 5.74) is 0.0211. The lowest BCUT2D eigenvalue weighted by molar-refractivity contribution is 0.0695. The standard InChI is InChI=1S/C13H12BrNO5S/c1-8-12(13(16)17)6-10(20-8)7-15-21(18,19)11-4-2-9(14)3-5-11/h2-6,15H,7H2,1H3,(H,16,17). The van der Waals surface area contributed by atoms with Crippen LogP contribution < -0.4 is 4.72 Å². The monoisotopic (exact) mass is 373 g/mol. The summed E-state index contributed by atoms with van der Waals surface area (Å²) < 4.78 is 32.5. The molecule has 0 atom stereocenters. The highest BCUT2D eigenvalue weighted by molar-refractivity contribution is 9.10. The maximum absolute atomic E-state index is 12.1. The minimum Gasteiger partial charge on any atom is -0.478 e. The predicted octanol–water partition coefficient (Wildman–Crippen LogP) is 2.53. The number of rotatable bonds is 5. The van der Waals surface area contributed by atoms with Crippen molar-refractivity contribution in [2.75, 3.05) is 0 Å². The van der Waals surface area contributed by atoms with Crippen LogP contribution in [0.2, 0.25) is 0 Å². The minimum atomic E-state index is -3.68. The van der Waals surface area contributed by atoms with Crippen LogP contribution in [0.4, 0.5) is 0 Å². The third-order valence-electron chi connectivity index (χ3n) is 2.76. The fraction of sp³-hybridized carbons (Fsp3) is 0.154. The van der Waals surface area contributed by atoms with Crippen LogP contribution in [0.5, 0.6) is 0 Å². The molecule has 0 aliphatic carbocycles. The van der Waals surface area contributed by atoms with Gasteiger partial charge in [-0.1, -0.05) is 15.9 Å². The molecule has 0 aliphatic rings. The van der Waals surface area contributed by atoms with Gasteiger partial charge in [0.05, 0.1) is 11.4 Å². The Hall–Kier alpha value is -1.64. The molecule has 8 heteroatoms. The number of carboxylic acids is 1. The molecule has 2 N–H and O–H groups in total. The van der Waals surface area contributed by atoms with Crippen molar-refractivity contribution in [3.05, 3.63) is 51.9 Å². The third-order valence-corrected chi connectivity index (χ3v) is 4.71. The molecule has 112 valence electrons. The van der Waals surface area contributed by atoms with Crippen LogP contribution in [0.1, 0.15) is 21.9 Å². The van der Waals surface area contributed by atoms with Crippen LogP contribution in [-0.2, 0) is 16.6 Å². The molecule has 0 saturated heterocycles. The number of nitrogens with one attached hydrogen (secondary N) is 1. The van der Waals surface area contributed by atoms with Gasteiger partial charge in [0.1, 0.15) is 17.1 Å². The molecule has 0 spiro atoms. The Morgan fingerprint density at radius 3 is 2.48 bits per heavy atom. The van der Waals surface area contributed by atoms with Crippen molar-refractivity contribution in [2.24, 2.45) is 0 Å². The van der Waals surface area contributed by atoms with E-state index >= 15 is 0 Å². The number of furan rings is 1. The van der Waals surface area contributed by atoms with Gasteiger partial charge in [-0.05, 0) is 37.3 Å². The van der Waals surface area contributed by atoms with E-state index in [4.69, 9.17) is 9.52 Å². The number of halogens is 1. The number of hydrogen-bond donors (Lipinski definition) is 2. The zero-order chi connectivity index (χ0) is 15.6. The van der Waals surface area contributed by atoms with Crippen LogP contribution >= 0.6 is 15.9 Å². The van der Waals surface area contributed by atoms with Crippen molar-refractivity contribution in [3.63, 3.8) is 0 Å². The van der Waals surface area contributed by atoms with Crippen molar-refractivity contribution in [3.8, 4) is 0 Å². The molecule has 6 nitrogen and oxygen atoms in total. The topological polar surface area (TPSA) is 96.6 Å². The number of sulfonamides is 1. The average Bonchev–Trinajstić information content (AvgIpc) is 2.79. The first-order chi connectivity index (χ1) is 9.79. The van der Waals surface area contributed by atoms with Gasteiger partial charge in [0.25, 0.3) is 0 Å². The molecule has 1 heterocycles. The first-order valence-electron chi connectivity index (χ1n) is 5.87. The predicted molar refractivity (Wildman–Crippen MR) is 78.6 cm³/mol. The molecular weight excluding hydrogens is 362 g/mol. The fourth-order valence-electron chi connectivity index (χ4n) is 1.71. The summed E-state index contributed by atoms with van der Waals surface area (Å²) in [6.07, 6.45) is 0. The number of carbonyl (C=O) groups is 1. The molecular formula is C13H12BrNO5S. The first kappa shape index (κ1) is 15.7. The number of carboxylic acid groups (broad SMARTS) is 1. The van der Waals surface area contributed by atoms with Gasteiger partial charge >= 0.3 is 5.97 Å². The van der Waals surface area contributed by atoms with E-state index in [1.807, 2.05) is 0 Å². The summed E-state index contributed by atoms with van der Waals surface area (Å²) in [6.45, 7) is 1.39. The van der Waals surface area contributed by atoms with E-state index in [0.29, 0.717) is 0 Å². The summed E-state index contributed by atoms with van der Waals surface area (Å²) in [4.78, 5) is 11.0. The molecule has 21 heavy (non-hydrogen) atoms. The highest BCUT2D eigenvalue weighted by atomic mass is 79.9. The van der Waals surface area contributed by atoms with Crippen molar-refractivity contribution < 1.29 is 22.7 Å². The summed E-state index contributed by atoms with van der Waals surface area (Å²) in [5, 5.41) is 8.91. The molecule has 2 aromatic rings. The average molecular weight is 374 g/mol. The Labute approximate surface area is 130 Å². The maximum atomic E-state index is 12.1. The van der Waals surface area contributed by atoms with Crippen LogP contribution in [0, 0.1) is 6.92 Å². The summed E-state index contributed by atoms with van der Waals surface area (Å²) in [6, 6.07) is 7.47. The Morgan fingerprint density at radius 1 is 1.33 bits per heavy atom. The summed E-state index contributed by atoms with van der Waals surface area (Å²) in [5.74, 6) is -0.635. The smallest absolute Gasteiger partial charge is 0.339 e. The molecule has 0 bridgehead atoms. The highest BCUT2D eigenvalue weighted by Crippen LogP contribution is 2.17. The van der Waals surface area contributed by atoms with E-state index in [9.17, 15) is 13.2 Å². The van der Waals surface area contributed by atoms with Crippen molar-refractivity contribution >= 4 is 31.9 Å². The number of aromatic carboxylic acids is 1. The Balaban J connectivity index is 2.13. The highest BCUT2D eigenvalue weighted by Gasteiger charge is 2.17. The quantitative estimate of drug-likeness (QED) is 0.839. The van der Waals surface area contributed by atoms with E-state index in [1.165, 1.54) is 25.1 Å². The molecule has 0 aliphatic heterocycles. The molecule has 1 aromatic heterocycles. The van der Waals surface area contributed by atoms with Crippen LogP contribution in [0.15, 0.2) is 44.1 Å². The lowest BCUT2D eigenvalue weighted by atomic mass is 10.2. The van der Waals surface area contributed by atoms with E-state index in [-0.39, 0.29) is 28.5 Å². The second-order valence-corrected chi connectivity index (χ2v) is 6.95. The molecule has 1 aromatic carbocycles. The third kappa shape index (κ3) is 3.72. The van der Waals surface area contributed by atoms with E-state index in [1.54, 1.807) is 12.1 Å². The van der Waals surface area contributed by atoms with Gasteiger partial charge in [-0.3, -0.25) is 0 Å². The van der Waals surface area contributed by atoms with E-state index in [2.05, 4.69) is 20.7 Å². The van der Waals surface area contributed by atoms with Gasteiger partial charge in [-0.15, -0.1) is 0 Å². The summed E-state index contributed by atoms with van der Waals surface area (Å²) in [7, 11) is -3.68. The lowest BCUT2D eigenvalue weighted by Gasteiger charge is -2.05. The van der Waals surface area contributed by atoms with Gasteiger partial charge in [-0.2, -0.15) is 0 Å². The Kier molecular flexibility index (Phi) is 4.50. The minimum absolute atomic E-state index is 0.0211. The number of benzene rings is 1. The lowest BCUT2D eigenvalue weighted by Crippen LogP contribution is -2.22. The van der Waals surface area contributed by atoms with Crippen molar-refractivity contribution in [2.45, 2.75) is 18.4 Å². The second kappa shape index (κ2) is 6.00. The fourth-order valence-corrected chi connectivity index (χ4v) is 2.96. The van der Waals surface area contributed by atoms with Gasteiger partial charge < -0.3 is 9.52 Å². The molecule has 0 unspecified atom stereocenters. The molecule has 0 radical (unpaired) electrons. The van der Waals surface area contributed by atoms with Gasteiger partial charge in [-0.25, -0.2) is 17.9 Å². The Morgan fingerprint density at radius 2 is 1.95 bits per heavy atom. The number of hydrogen-bond acceptors (Lipinski definition) is 4. The van der Waals surface area contributed by atoms with E-state index < -0.39 is 16.0 Å². The van der Waals surface area contributed by atoms with Crippen LogP contribution in [0.3, 0.4) is 0 Å². The normalized spacial score (nSPS) is 11.5. The van der Waals surface area contributed by atoms with Gasteiger partial charge in [0.15, 0.2) is 0 Å². The van der Waals surface area contributed by atoms with Gasteiger partial charge in [0.2, 0.25) is 10.0 Å². The van der Waals surface area contributed by atoms with Crippen LogP contribution in [-0.4, -0.2) is 19.5 Å². The maximum Gasteiger partial charge on any atom is 0.339 e. The SMILES string of the molecule is Cc1oc(CNS(=O)(=O)c2ccc(Br)cc2)cc1C(=O)O. The summed E-state index contributed by atoms with van der Waals surface area (Å²) >= 11 is 3.23. The number of aryl methyl sites for hydroxylation is 1. The zero-order valence-electron chi connectivity index (χ0n) is 11.0. The van der Waals surface area contributed by atoms with Crippen LogP contribution in [0.25, 0.3) is 0 Å². The second-order valence-electron chi connectivity index (χ2n) is 4.27. The molecule has 0 fully saturated rings. The van der Waals surface area contributed by atoms with Crippen molar-refractivity contribution in [1.29, 1.82) is 0 Å². The van der Waals surface area contributed by atoms with Gasteiger partial charge in [0, 0.05) is 4.47 Å². The van der Waals surface area contributed by atoms with E-state index in [0.717, 1.165) is 4.47 Å². The molecule has 0 saturated carbocycles. The largest absolute Gasteiger partial charge is 0.478 e. The molecule has 2 rings (SSSR count). The molecule has 0 amide bonds. The zero-order valence-corrected chi connectivity index (χ0v) is 13.4. The Bertz CT molecular complexity index is 764.